The number of aryl methyl sites for hydroxylation is 1. The van der Waals surface area contributed by atoms with Crippen molar-refractivity contribution in [3.05, 3.63) is 46.9 Å². The Bertz CT molecular complexity index is 579. The molecular weight excluding hydrogens is 250 g/mol. The maximum Gasteiger partial charge on any atom is 0.135 e. The summed E-state index contributed by atoms with van der Waals surface area (Å²) < 4.78 is 5.16. The van der Waals surface area contributed by atoms with E-state index in [1.807, 2.05) is 38.1 Å². The molecule has 20 heavy (non-hydrogen) atoms. The molecule has 0 aliphatic heterocycles. The predicted molar refractivity (Wildman–Crippen MR) is 81.5 cm³/mol. The molecule has 1 aromatic heterocycles. The largest absolute Gasteiger partial charge is 0.497 e. The van der Waals surface area contributed by atoms with E-state index in [9.17, 15) is 0 Å². The van der Waals surface area contributed by atoms with Gasteiger partial charge in [-0.2, -0.15) is 0 Å². The molecule has 0 saturated heterocycles. The molecule has 0 radical (unpaired) electrons. The Labute approximate surface area is 120 Å². The number of methoxy groups -OCH3 is 1. The molecule has 0 spiro atoms. The lowest BCUT2D eigenvalue weighted by Gasteiger charge is -2.11. The summed E-state index contributed by atoms with van der Waals surface area (Å²) in [4.78, 5) is 9.18. The highest BCUT2D eigenvalue weighted by atomic mass is 16.5. The van der Waals surface area contributed by atoms with Crippen LogP contribution in [0.5, 0.6) is 5.75 Å². The number of nitrogens with one attached hydrogen (secondary N) is 1. The maximum atomic E-state index is 5.16. The average molecular weight is 271 g/mol. The van der Waals surface area contributed by atoms with Crippen LogP contribution in [0, 0.1) is 13.8 Å². The monoisotopic (exact) mass is 271 g/mol. The molecule has 2 rings (SSSR count). The molecule has 4 heteroatoms. The van der Waals surface area contributed by atoms with Crippen molar-refractivity contribution in [1.82, 2.24) is 9.97 Å². The van der Waals surface area contributed by atoms with Crippen molar-refractivity contribution in [3.8, 4) is 5.75 Å². The minimum atomic E-state index is 0.726. The first-order valence-electron chi connectivity index (χ1n) is 6.85. The molecule has 106 valence electrons. The van der Waals surface area contributed by atoms with Crippen LogP contribution in [-0.4, -0.2) is 23.6 Å². The fourth-order valence-corrected chi connectivity index (χ4v) is 2.03. The summed E-state index contributed by atoms with van der Waals surface area (Å²) in [6, 6.07) is 8.01. The highest BCUT2D eigenvalue weighted by Crippen LogP contribution is 2.18. The lowest BCUT2D eigenvalue weighted by molar-refractivity contribution is 0.414. The normalized spacial score (nSPS) is 10.4. The van der Waals surface area contributed by atoms with Gasteiger partial charge in [0.1, 0.15) is 17.4 Å². The van der Waals surface area contributed by atoms with Crippen LogP contribution in [-0.2, 0) is 6.42 Å². The van der Waals surface area contributed by atoms with Crippen molar-refractivity contribution in [2.75, 3.05) is 19.0 Å². The number of aromatic nitrogens is 2. The molecule has 1 N–H and O–H groups in total. The molecule has 0 aliphatic carbocycles. The predicted octanol–water partition coefficient (Wildman–Crippen LogP) is 3.12. The minimum Gasteiger partial charge on any atom is -0.497 e. The molecule has 1 aromatic carbocycles. The smallest absolute Gasteiger partial charge is 0.135 e. The fraction of sp³-hybridized carbons (Fsp3) is 0.375. The second-order valence-corrected chi connectivity index (χ2v) is 4.75. The van der Waals surface area contributed by atoms with Crippen molar-refractivity contribution in [3.63, 3.8) is 0 Å². The number of hydrogen-bond donors (Lipinski definition) is 1. The summed E-state index contributed by atoms with van der Waals surface area (Å²) in [5.41, 5.74) is 3.32. The van der Waals surface area contributed by atoms with Crippen LogP contribution >= 0.6 is 0 Å². The lowest BCUT2D eigenvalue weighted by Crippen LogP contribution is -2.08. The Morgan fingerprint density at radius 3 is 2.40 bits per heavy atom. The van der Waals surface area contributed by atoms with Crippen LogP contribution in [0.15, 0.2) is 24.3 Å². The van der Waals surface area contributed by atoms with E-state index in [0.717, 1.165) is 41.6 Å². The van der Waals surface area contributed by atoms with Crippen LogP contribution < -0.4 is 10.1 Å². The van der Waals surface area contributed by atoms with Crippen LogP contribution in [0.3, 0.4) is 0 Å². The number of rotatable bonds is 5. The van der Waals surface area contributed by atoms with E-state index in [1.165, 1.54) is 5.56 Å². The van der Waals surface area contributed by atoms with E-state index in [0.29, 0.717) is 0 Å². The van der Waals surface area contributed by atoms with Gasteiger partial charge in [-0.1, -0.05) is 12.1 Å². The van der Waals surface area contributed by atoms with Crippen molar-refractivity contribution in [2.45, 2.75) is 27.2 Å². The van der Waals surface area contributed by atoms with E-state index in [-0.39, 0.29) is 0 Å². The molecule has 2 aromatic rings. The molecule has 0 saturated carbocycles. The number of ether oxygens (including phenoxy) is 1. The maximum absolute atomic E-state index is 5.16. The Morgan fingerprint density at radius 2 is 1.80 bits per heavy atom. The van der Waals surface area contributed by atoms with Crippen molar-refractivity contribution in [2.24, 2.45) is 0 Å². The van der Waals surface area contributed by atoms with Gasteiger partial charge >= 0.3 is 0 Å². The Morgan fingerprint density at radius 1 is 1.10 bits per heavy atom. The van der Waals surface area contributed by atoms with Gasteiger partial charge in [0.05, 0.1) is 7.11 Å². The van der Waals surface area contributed by atoms with E-state index < -0.39 is 0 Å². The molecule has 0 aliphatic rings. The van der Waals surface area contributed by atoms with Gasteiger partial charge in [0, 0.05) is 24.2 Å². The molecule has 0 atom stereocenters. The van der Waals surface area contributed by atoms with Gasteiger partial charge in [-0.3, -0.25) is 0 Å². The van der Waals surface area contributed by atoms with Crippen molar-refractivity contribution < 1.29 is 4.74 Å². The van der Waals surface area contributed by atoms with Gasteiger partial charge in [0.25, 0.3) is 0 Å². The summed E-state index contributed by atoms with van der Waals surface area (Å²) in [7, 11) is 1.67. The number of anilines is 1. The summed E-state index contributed by atoms with van der Waals surface area (Å²) in [5.74, 6) is 2.64. The molecule has 0 fully saturated rings. The third kappa shape index (κ3) is 3.26. The van der Waals surface area contributed by atoms with Crippen LogP contribution in [0.2, 0.25) is 0 Å². The number of benzene rings is 1. The third-order valence-electron chi connectivity index (χ3n) is 3.30. The zero-order valence-corrected chi connectivity index (χ0v) is 12.5. The topological polar surface area (TPSA) is 47.0 Å². The third-order valence-corrected chi connectivity index (χ3v) is 3.30. The molecule has 0 bridgehead atoms. The van der Waals surface area contributed by atoms with Gasteiger partial charge in [-0.25, -0.2) is 9.97 Å². The fourth-order valence-electron chi connectivity index (χ4n) is 2.03. The van der Waals surface area contributed by atoms with E-state index in [1.54, 1.807) is 7.11 Å². The molecule has 4 nitrogen and oxygen atoms in total. The van der Waals surface area contributed by atoms with Crippen LogP contribution in [0.4, 0.5) is 5.82 Å². The quantitative estimate of drug-likeness (QED) is 0.907. The van der Waals surface area contributed by atoms with E-state index in [2.05, 4.69) is 22.2 Å². The highest BCUT2D eigenvalue weighted by molar-refractivity contribution is 5.45. The van der Waals surface area contributed by atoms with E-state index in [4.69, 9.17) is 4.74 Å². The van der Waals surface area contributed by atoms with Crippen LogP contribution in [0.25, 0.3) is 0 Å². The van der Waals surface area contributed by atoms with Crippen LogP contribution in [0.1, 0.15) is 29.6 Å². The zero-order valence-electron chi connectivity index (χ0n) is 12.5. The Kier molecular flexibility index (Phi) is 4.56. The van der Waals surface area contributed by atoms with E-state index >= 15 is 0 Å². The molecule has 0 amide bonds. The first-order chi connectivity index (χ1) is 9.63. The second kappa shape index (κ2) is 6.37. The summed E-state index contributed by atoms with van der Waals surface area (Å²) in [6.45, 7) is 7.00. The Hall–Kier alpha value is -2.10. The molecule has 1 heterocycles. The first kappa shape index (κ1) is 14.3. The summed E-state index contributed by atoms with van der Waals surface area (Å²) >= 11 is 0. The second-order valence-electron chi connectivity index (χ2n) is 4.75. The van der Waals surface area contributed by atoms with Gasteiger partial charge in [-0.05, 0) is 38.5 Å². The number of nitrogens with zero attached hydrogens (tertiary/aromatic N) is 2. The highest BCUT2D eigenvalue weighted by Gasteiger charge is 2.08. The number of hydrogen-bond acceptors (Lipinski definition) is 4. The Balaban J connectivity index is 2.23. The summed E-state index contributed by atoms with van der Waals surface area (Å²) in [5, 5.41) is 3.29. The van der Waals surface area contributed by atoms with Crippen molar-refractivity contribution in [1.29, 1.82) is 0 Å². The van der Waals surface area contributed by atoms with Gasteiger partial charge in [-0.15, -0.1) is 0 Å². The summed E-state index contributed by atoms with van der Waals surface area (Å²) in [6.07, 6.45) is 0.726. The first-order valence-corrected chi connectivity index (χ1v) is 6.85. The van der Waals surface area contributed by atoms with Gasteiger partial charge in [0.2, 0.25) is 0 Å². The zero-order chi connectivity index (χ0) is 14.5. The lowest BCUT2D eigenvalue weighted by atomic mass is 10.1. The SMILES string of the molecule is CCNc1nc(Cc2ccc(OC)cc2)nc(C)c1C. The average Bonchev–Trinajstić information content (AvgIpc) is 2.45. The van der Waals surface area contributed by atoms with Crippen molar-refractivity contribution >= 4 is 5.82 Å². The van der Waals surface area contributed by atoms with Gasteiger partial charge in [0.15, 0.2) is 0 Å². The molecule has 0 unspecified atom stereocenters. The molecular formula is C16H21N3O. The van der Waals surface area contributed by atoms with Gasteiger partial charge < -0.3 is 10.1 Å². The standard InChI is InChI=1S/C16H21N3O/c1-5-17-16-11(2)12(3)18-15(19-16)10-13-6-8-14(20-4)9-7-13/h6-9H,5,10H2,1-4H3,(H,17,18,19). The minimum absolute atomic E-state index is 0.726.